The fraction of sp³-hybridized carbons (Fsp3) is 0.947. The van der Waals surface area contributed by atoms with Crippen LogP contribution in [0, 0.1) is 11.8 Å². The maximum atomic E-state index is 12.1. The van der Waals surface area contributed by atoms with E-state index in [0.717, 1.165) is 32.0 Å². The zero-order chi connectivity index (χ0) is 17.2. The molecule has 1 amide bonds. The summed E-state index contributed by atoms with van der Waals surface area (Å²) >= 11 is 0. The number of halogens is 3. The van der Waals surface area contributed by atoms with E-state index in [1.165, 1.54) is 58.5 Å². The average Bonchev–Trinajstić information content (AvgIpc) is 2.62. The minimum absolute atomic E-state index is 0. The van der Waals surface area contributed by atoms with Gasteiger partial charge in [0.25, 0.3) is 0 Å². The van der Waals surface area contributed by atoms with Crippen LogP contribution in [0.15, 0.2) is 0 Å². The number of hydrogen-bond acceptors (Lipinski definition) is 4. The number of carbonyl (C=O) groups excluding carboxylic acids is 1. The summed E-state index contributed by atoms with van der Waals surface area (Å²) in [5.41, 5.74) is 0. The maximum absolute atomic E-state index is 12.1. The summed E-state index contributed by atoms with van der Waals surface area (Å²) in [4.78, 5) is 17.2. The Morgan fingerprint density at radius 3 is 2.22 bits per heavy atom. The third-order valence-electron chi connectivity index (χ3n) is 5.83. The lowest BCUT2D eigenvalue weighted by molar-refractivity contribution is -0.122. The van der Waals surface area contributed by atoms with Crippen molar-refractivity contribution in [3.8, 4) is 0 Å². The molecule has 1 unspecified atom stereocenters. The number of amides is 1. The van der Waals surface area contributed by atoms with Crippen molar-refractivity contribution in [1.29, 1.82) is 0 Å². The second kappa shape index (κ2) is 17.1. The van der Waals surface area contributed by atoms with Crippen molar-refractivity contribution >= 4 is 43.1 Å². The molecule has 0 aromatic rings. The van der Waals surface area contributed by atoms with Gasteiger partial charge in [0.05, 0.1) is 0 Å². The Labute approximate surface area is 185 Å². The normalized spacial score (nSPS) is 19.9. The van der Waals surface area contributed by atoms with Crippen LogP contribution < -0.4 is 10.6 Å². The van der Waals surface area contributed by atoms with E-state index in [0.29, 0.717) is 12.3 Å². The molecule has 0 bridgehead atoms. The summed E-state index contributed by atoms with van der Waals surface area (Å²) in [6.07, 6.45) is 5.43. The van der Waals surface area contributed by atoms with Gasteiger partial charge in [-0.15, -0.1) is 37.2 Å². The van der Waals surface area contributed by atoms with Gasteiger partial charge in [0, 0.05) is 39.1 Å². The quantitative estimate of drug-likeness (QED) is 0.534. The summed E-state index contributed by atoms with van der Waals surface area (Å²) < 4.78 is 0. The van der Waals surface area contributed by atoms with E-state index in [1.54, 1.807) is 0 Å². The zero-order valence-corrected chi connectivity index (χ0v) is 19.5. The molecule has 27 heavy (non-hydrogen) atoms. The Morgan fingerprint density at radius 1 is 1.04 bits per heavy atom. The fourth-order valence-corrected chi connectivity index (χ4v) is 3.96. The van der Waals surface area contributed by atoms with Crippen molar-refractivity contribution in [3.05, 3.63) is 0 Å². The number of unbranched alkanes of at least 4 members (excludes halogenated alkanes) is 1. The van der Waals surface area contributed by atoms with E-state index in [1.807, 2.05) is 0 Å². The first kappa shape index (κ1) is 29.4. The summed E-state index contributed by atoms with van der Waals surface area (Å²) in [5, 5.41) is 6.52. The van der Waals surface area contributed by atoms with Crippen LogP contribution in [-0.2, 0) is 4.79 Å². The molecular formula is C19H41Cl3N4O. The second-order valence-corrected chi connectivity index (χ2v) is 7.60. The SMILES string of the molecule is CCN1CCN(CCCCNC(=O)CC(C)C2CCNCC2)CC1.Cl.Cl.Cl. The molecular weight excluding hydrogens is 407 g/mol. The van der Waals surface area contributed by atoms with Gasteiger partial charge < -0.3 is 20.4 Å². The van der Waals surface area contributed by atoms with Crippen molar-refractivity contribution in [3.63, 3.8) is 0 Å². The van der Waals surface area contributed by atoms with Crippen LogP contribution in [0.25, 0.3) is 0 Å². The minimum Gasteiger partial charge on any atom is -0.356 e. The van der Waals surface area contributed by atoms with Gasteiger partial charge in [0.15, 0.2) is 0 Å². The monoisotopic (exact) mass is 446 g/mol. The van der Waals surface area contributed by atoms with Crippen LogP contribution in [0.3, 0.4) is 0 Å². The molecule has 0 radical (unpaired) electrons. The van der Waals surface area contributed by atoms with E-state index in [2.05, 4.69) is 34.3 Å². The Hall–Kier alpha value is 0.220. The van der Waals surface area contributed by atoms with Gasteiger partial charge >= 0.3 is 0 Å². The van der Waals surface area contributed by atoms with Crippen molar-refractivity contribution in [2.24, 2.45) is 11.8 Å². The van der Waals surface area contributed by atoms with Gasteiger partial charge in [-0.05, 0) is 63.7 Å². The number of piperidine rings is 1. The molecule has 2 aliphatic rings. The predicted octanol–water partition coefficient (Wildman–Crippen LogP) is 2.81. The number of rotatable bonds is 9. The van der Waals surface area contributed by atoms with Crippen LogP contribution >= 0.6 is 37.2 Å². The summed E-state index contributed by atoms with van der Waals surface area (Å²) in [7, 11) is 0. The highest BCUT2D eigenvalue weighted by atomic mass is 35.5. The van der Waals surface area contributed by atoms with Gasteiger partial charge in [-0.3, -0.25) is 4.79 Å². The largest absolute Gasteiger partial charge is 0.356 e. The molecule has 0 saturated carbocycles. The predicted molar refractivity (Wildman–Crippen MR) is 122 cm³/mol. The molecule has 0 spiro atoms. The average molecular weight is 448 g/mol. The molecule has 0 aromatic carbocycles. The molecule has 2 N–H and O–H groups in total. The van der Waals surface area contributed by atoms with Crippen molar-refractivity contribution in [1.82, 2.24) is 20.4 Å². The van der Waals surface area contributed by atoms with E-state index in [4.69, 9.17) is 0 Å². The molecule has 2 aliphatic heterocycles. The molecule has 164 valence electrons. The molecule has 2 saturated heterocycles. The summed E-state index contributed by atoms with van der Waals surface area (Å²) in [6, 6.07) is 0. The standard InChI is InChI=1S/C19H38N4O.3ClH/c1-3-22-12-14-23(15-13-22)11-5-4-8-21-19(24)16-17(2)18-6-9-20-10-7-18;;;/h17-18,20H,3-16H2,1-2H3,(H,21,24);3*1H. The number of likely N-dealkylation sites (N-methyl/N-ethyl adjacent to an activating group) is 1. The molecule has 0 aromatic heterocycles. The molecule has 0 aliphatic carbocycles. The second-order valence-electron chi connectivity index (χ2n) is 7.60. The Morgan fingerprint density at radius 2 is 1.63 bits per heavy atom. The number of nitrogens with zero attached hydrogens (tertiary/aromatic N) is 2. The first-order valence-electron chi connectivity index (χ1n) is 10.1. The van der Waals surface area contributed by atoms with Crippen molar-refractivity contribution < 1.29 is 4.79 Å². The zero-order valence-electron chi connectivity index (χ0n) is 17.1. The van der Waals surface area contributed by atoms with Crippen LogP contribution in [0.4, 0.5) is 0 Å². The molecule has 2 rings (SSSR count). The first-order chi connectivity index (χ1) is 11.7. The van der Waals surface area contributed by atoms with Gasteiger partial charge in [0.2, 0.25) is 5.91 Å². The third-order valence-corrected chi connectivity index (χ3v) is 5.83. The fourth-order valence-electron chi connectivity index (χ4n) is 3.96. The van der Waals surface area contributed by atoms with E-state index in [-0.39, 0.29) is 43.1 Å². The summed E-state index contributed by atoms with van der Waals surface area (Å²) in [5.74, 6) is 1.48. The number of nitrogens with one attached hydrogen (secondary N) is 2. The van der Waals surface area contributed by atoms with Crippen LogP contribution in [0.2, 0.25) is 0 Å². The van der Waals surface area contributed by atoms with Gasteiger partial charge in [-0.2, -0.15) is 0 Å². The van der Waals surface area contributed by atoms with E-state index >= 15 is 0 Å². The van der Waals surface area contributed by atoms with Crippen LogP contribution in [0.1, 0.15) is 46.0 Å². The number of piperazine rings is 1. The Kier molecular flexibility index (Phi) is 18.6. The molecule has 2 heterocycles. The highest BCUT2D eigenvalue weighted by Gasteiger charge is 2.21. The highest BCUT2D eigenvalue weighted by Crippen LogP contribution is 2.24. The third kappa shape index (κ3) is 11.7. The van der Waals surface area contributed by atoms with E-state index in [9.17, 15) is 4.79 Å². The number of carbonyl (C=O) groups is 1. The number of hydrogen-bond donors (Lipinski definition) is 2. The van der Waals surface area contributed by atoms with Gasteiger partial charge in [-0.1, -0.05) is 13.8 Å². The van der Waals surface area contributed by atoms with E-state index < -0.39 is 0 Å². The Balaban J connectivity index is 0. The van der Waals surface area contributed by atoms with Gasteiger partial charge in [0.1, 0.15) is 0 Å². The summed E-state index contributed by atoms with van der Waals surface area (Å²) in [6.45, 7) is 14.7. The maximum Gasteiger partial charge on any atom is 0.220 e. The highest BCUT2D eigenvalue weighted by molar-refractivity contribution is 5.86. The topological polar surface area (TPSA) is 47.6 Å². The van der Waals surface area contributed by atoms with Crippen molar-refractivity contribution in [2.45, 2.75) is 46.0 Å². The first-order valence-corrected chi connectivity index (χ1v) is 10.1. The van der Waals surface area contributed by atoms with Gasteiger partial charge in [-0.25, -0.2) is 0 Å². The molecule has 2 fully saturated rings. The van der Waals surface area contributed by atoms with Crippen molar-refractivity contribution in [2.75, 3.05) is 58.9 Å². The molecule has 1 atom stereocenters. The van der Waals surface area contributed by atoms with Crippen LogP contribution in [-0.4, -0.2) is 74.6 Å². The lowest BCUT2D eigenvalue weighted by Crippen LogP contribution is -2.46. The minimum atomic E-state index is 0. The smallest absolute Gasteiger partial charge is 0.220 e. The van der Waals surface area contributed by atoms with Crippen LogP contribution in [0.5, 0.6) is 0 Å². The molecule has 5 nitrogen and oxygen atoms in total. The lowest BCUT2D eigenvalue weighted by atomic mass is 9.84. The lowest BCUT2D eigenvalue weighted by Gasteiger charge is -2.34. The Bertz CT molecular complexity index is 363. The molecule has 8 heteroatoms.